The van der Waals surface area contributed by atoms with Gasteiger partial charge in [-0.05, 0) is 36.8 Å². The van der Waals surface area contributed by atoms with Crippen LogP contribution in [0.2, 0.25) is 0 Å². The Balaban J connectivity index is 1.98. The molecule has 0 spiro atoms. The summed E-state index contributed by atoms with van der Waals surface area (Å²) >= 11 is 0. The number of hydrogen-bond acceptors (Lipinski definition) is 3. The van der Waals surface area contributed by atoms with E-state index >= 15 is 0 Å². The van der Waals surface area contributed by atoms with Crippen LogP contribution in [0.3, 0.4) is 0 Å². The summed E-state index contributed by atoms with van der Waals surface area (Å²) in [6.07, 6.45) is 6.09. The number of hydrogen-bond donors (Lipinski definition) is 1. The van der Waals surface area contributed by atoms with Crippen molar-refractivity contribution >= 4 is 0 Å². The summed E-state index contributed by atoms with van der Waals surface area (Å²) in [7, 11) is 0. The predicted octanol–water partition coefficient (Wildman–Crippen LogP) is 2.71. The number of pyridine rings is 1. The van der Waals surface area contributed by atoms with Gasteiger partial charge in [0.2, 0.25) is 5.88 Å². The van der Waals surface area contributed by atoms with Gasteiger partial charge in [0.1, 0.15) is 0 Å². The van der Waals surface area contributed by atoms with Crippen LogP contribution < -0.4 is 4.74 Å². The molecule has 17 heavy (non-hydrogen) atoms. The van der Waals surface area contributed by atoms with Crippen molar-refractivity contribution in [3.8, 4) is 5.88 Å². The Morgan fingerprint density at radius 2 is 2.12 bits per heavy atom. The number of rotatable bonds is 5. The standard InChI is InChI=1S/C14H21NO2/c1-2-13-7-12(9-16)8-14(15-13)17-10-11-5-3-4-6-11/h7-8,11,16H,2-6,9-10H2,1H3. The highest BCUT2D eigenvalue weighted by Gasteiger charge is 2.15. The maximum atomic E-state index is 9.18. The van der Waals surface area contributed by atoms with Gasteiger partial charge >= 0.3 is 0 Å². The van der Waals surface area contributed by atoms with Crippen molar-refractivity contribution in [2.75, 3.05) is 6.61 Å². The summed E-state index contributed by atoms with van der Waals surface area (Å²) < 4.78 is 5.75. The number of nitrogens with zero attached hydrogens (tertiary/aromatic N) is 1. The number of aliphatic hydroxyl groups excluding tert-OH is 1. The van der Waals surface area contributed by atoms with E-state index in [4.69, 9.17) is 4.74 Å². The Morgan fingerprint density at radius 1 is 1.35 bits per heavy atom. The second-order valence-electron chi connectivity index (χ2n) is 4.78. The van der Waals surface area contributed by atoms with Gasteiger partial charge in [0, 0.05) is 11.8 Å². The van der Waals surface area contributed by atoms with E-state index in [0.29, 0.717) is 11.8 Å². The molecule has 1 heterocycles. The summed E-state index contributed by atoms with van der Waals surface area (Å²) in [5.74, 6) is 1.36. The minimum Gasteiger partial charge on any atom is -0.477 e. The van der Waals surface area contributed by atoms with E-state index < -0.39 is 0 Å². The molecule has 0 unspecified atom stereocenters. The van der Waals surface area contributed by atoms with Crippen LogP contribution in [0.25, 0.3) is 0 Å². The molecule has 1 fully saturated rings. The van der Waals surface area contributed by atoms with E-state index in [2.05, 4.69) is 11.9 Å². The van der Waals surface area contributed by atoms with Crippen LogP contribution in [-0.4, -0.2) is 16.7 Å². The largest absolute Gasteiger partial charge is 0.477 e. The highest BCUT2D eigenvalue weighted by atomic mass is 16.5. The second-order valence-corrected chi connectivity index (χ2v) is 4.78. The van der Waals surface area contributed by atoms with Crippen molar-refractivity contribution in [2.24, 2.45) is 5.92 Å². The molecule has 3 nitrogen and oxygen atoms in total. The molecule has 1 N–H and O–H groups in total. The molecule has 1 aliphatic carbocycles. The Morgan fingerprint density at radius 3 is 2.76 bits per heavy atom. The van der Waals surface area contributed by atoms with Gasteiger partial charge in [0.15, 0.2) is 0 Å². The average Bonchev–Trinajstić information content (AvgIpc) is 2.89. The van der Waals surface area contributed by atoms with Crippen LogP contribution in [0.5, 0.6) is 5.88 Å². The topological polar surface area (TPSA) is 42.4 Å². The fourth-order valence-corrected chi connectivity index (χ4v) is 2.35. The summed E-state index contributed by atoms with van der Waals surface area (Å²) in [5, 5.41) is 9.18. The molecule has 2 rings (SSSR count). The monoisotopic (exact) mass is 235 g/mol. The number of aliphatic hydroxyl groups is 1. The van der Waals surface area contributed by atoms with Crippen LogP contribution in [-0.2, 0) is 13.0 Å². The van der Waals surface area contributed by atoms with Gasteiger partial charge in [0.05, 0.1) is 13.2 Å². The molecule has 1 aromatic heterocycles. The molecule has 1 aliphatic rings. The van der Waals surface area contributed by atoms with E-state index in [-0.39, 0.29) is 6.61 Å². The first-order valence-electron chi connectivity index (χ1n) is 6.55. The molecule has 3 heteroatoms. The Hall–Kier alpha value is -1.09. The third kappa shape index (κ3) is 3.43. The van der Waals surface area contributed by atoms with Gasteiger partial charge in [-0.2, -0.15) is 0 Å². The van der Waals surface area contributed by atoms with Crippen molar-refractivity contribution < 1.29 is 9.84 Å². The first kappa shape index (κ1) is 12.4. The molecule has 0 saturated heterocycles. The van der Waals surface area contributed by atoms with Crippen molar-refractivity contribution in [2.45, 2.75) is 45.6 Å². The zero-order valence-corrected chi connectivity index (χ0v) is 10.5. The van der Waals surface area contributed by atoms with E-state index in [0.717, 1.165) is 24.3 Å². The fraction of sp³-hybridized carbons (Fsp3) is 0.643. The first-order valence-corrected chi connectivity index (χ1v) is 6.55. The molecule has 0 aliphatic heterocycles. The molecule has 0 aromatic carbocycles. The maximum absolute atomic E-state index is 9.18. The third-order valence-electron chi connectivity index (χ3n) is 3.40. The fourth-order valence-electron chi connectivity index (χ4n) is 2.35. The van der Waals surface area contributed by atoms with E-state index in [1.807, 2.05) is 12.1 Å². The number of aryl methyl sites for hydroxylation is 1. The zero-order chi connectivity index (χ0) is 12.1. The first-order chi connectivity index (χ1) is 8.31. The quantitative estimate of drug-likeness (QED) is 0.853. The molecule has 0 radical (unpaired) electrons. The summed E-state index contributed by atoms with van der Waals surface area (Å²) in [5.41, 5.74) is 1.87. The van der Waals surface area contributed by atoms with Crippen LogP contribution in [0.4, 0.5) is 0 Å². The molecular formula is C14H21NO2. The molecule has 94 valence electrons. The van der Waals surface area contributed by atoms with Gasteiger partial charge in [-0.25, -0.2) is 4.98 Å². The van der Waals surface area contributed by atoms with Gasteiger partial charge in [-0.1, -0.05) is 19.8 Å². The van der Waals surface area contributed by atoms with Crippen LogP contribution >= 0.6 is 0 Å². The van der Waals surface area contributed by atoms with Crippen molar-refractivity contribution in [1.29, 1.82) is 0 Å². The average molecular weight is 235 g/mol. The summed E-state index contributed by atoms with van der Waals surface area (Å²) in [6.45, 7) is 2.88. The van der Waals surface area contributed by atoms with E-state index in [1.165, 1.54) is 25.7 Å². The number of ether oxygens (including phenoxy) is 1. The smallest absolute Gasteiger partial charge is 0.213 e. The molecule has 1 saturated carbocycles. The predicted molar refractivity (Wildman–Crippen MR) is 67.0 cm³/mol. The SMILES string of the molecule is CCc1cc(CO)cc(OCC2CCCC2)n1. The Bertz CT molecular complexity index is 337. The lowest BCUT2D eigenvalue weighted by molar-refractivity contribution is 0.240. The summed E-state index contributed by atoms with van der Waals surface area (Å²) in [4.78, 5) is 4.43. The second kappa shape index (κ2) is 6.01. The van der Waals surface area contributed by atoms with Gasteiger partial charge in [0.25, 0.3) is 0 Å². The third-order valence-corrected chi connectivity index (χ3v) is 3.40. The minimum absolute atomic E-state index is 0.0509. The van der Waals surface area contributed by atoms with E-state index in [9.17, 15) is 5.11 Å². The van der Waals surface area contributed by atoms with Gasteiger partial charge in [-0.15, -0.1) is 0 Å². The van der Waals surface area contributed by atoms with E-state index in [1.54, 1.807) is 0 Å². The van der Waals surface area contributed by atoms with Gasteiger partial charge < -0.3 is 9.84 Å². The van der Waals surface area contributed by atoms with Crippen LogP contribution in [0, 0.1) is 5.92 Å². The van der Waals surface area contributed by atoms with Crippen molar-refractivity contribution in [3.05, 3.63) is 23.4 Å². The lowest BCUT2D eigenvalue weighted by Gasteiger charge is -2.12. The lowest BCUT2D eigenvalue weighted by Crippen LogP contribution is -2.09. The molecule has 0 bridgehead atoms. The van der Waals surface area contributed by atoms with Crippen LogP contribution in [0.1, 0.15) is 43.9 Å². The molecule has 0 amide bonds. The Kier molecular flexibility index (Phi) is 4.37. The maximum Gasteiger partial charge on any atom is 0.213 e. The minimum atomic E-state index is 0.0509. The Labute approximate surface area is 103 Å². The van der Waals surface area contributed by atoms with Crippen LogP contribution in [0.15, 0.2) is 12.1 Å². The molecule has 0 atom stereocenters. The molecule has 1 aromatic rings. The summed E-state index contributed by atoms with van der Waals surface area (Å²) in [6, 6.07) is 3.77. The van der Waals surface area contributed by atoms with Crippen molar-refractivity contribution in [1.82, 2.24) is 4.98 Å². The highest BCUT2D eigenvalue weighted by molar-refractivity contribution is 5.24. The number of aromatic nitrogens is 1. The zero-order valence-electron chi connectivity index (χ0n) is 10.5. The molecular weight excluding hydrogens is 214 g/mol. The lowest BCUT2D eigenvalue weighted by atomic mass is 10.1. The van der Waals surface area contributed by atoms with Gasteiger partial charge in [-0.3, -0.25) is 0 Å². The normalized spacial score (nSPS) is 16.4. The highest BCUT2D eigenvalue weighted by Crippen LogP contribution is 2.25. The van der Waals surface area contributed by atoms with Crippen molar-refractivity contribution in [3.63, 3.8) is 0 Å².